The number of hydrogen-bond acceptors (Lipinski definition) is 4. The summed E-state index contributed by atoms with van der Waals surface area (Å²) in [6.07, 6.45) is 6.10. The van der Waals surface area contributed by atoms with E-state index in [-0.39, 0.29) is 11.4 Å². The molecule has 0 unspecified atom stereocenters. The van der Waals surface area contributed by atoms with Crippen molar-refractivity contribution in [3.63, 3.8) is 0 Å². The number of halogens is 1. The zero-order valence-electron chi connectivity index (χ0n) is 15.9. The summed E-state index contributed by atoms with van der Waals surface area (Å²) in [4.78, 5) is 20.2. The fourth-order valence-corrected chi connectivity index (χ4v) is 3.67. The molecule has 0 aliphatic heterocycles. The Morgan fingerprint density at radius 3 is 2.64 bits per heavy atom. The number of hydrogen-bond donors (Lipinski definition) is 1. The highest BCUT2D eigenvalue weighted by molar-refractivity contribution is 7.98. The monoisotopic (exact) mass is 399 g/mol. The summed E-state index contributed by atoms with van der Waals surface area (Å²) >= 11 is 1.62. The van der Waals surface area contributed by atoms with Crippen LogP contribution in [0.25, 0.3) is 0 Å². The first-order valence-electron chi connectivity index (χ1n) is 9.00. The van der Waals surface area contributed by atoms with Gasteiger partial charge in [-0.05, 0) is 55.9 Å². The first kappa shape index (κ1) is 20.1. The van der Waals surface area contributed by atoms with E-state index < -0.39 is 5.97 Å². The average Bonchev–Trinajstić information content (AvgIpc) is 3.05. The van der Waals surface area contributed by atoms with Crippen LogP contribution in [0.3, 0.4) is 0 Å². The number of nitrogens with zero attached hydrogens (tertiary/aromatic N) is 3. The number of benzene rings is 1. The molecule has 5 nitrogen and oxygen atoms in total. The highest BCUT2D eigenvalue weighted by atomic mass is 32.2. The number of imidazole rings is 1. The number of aromatic nitrogens is 3. The predicted octanol–water partition coefficient (Wildman–Crippen LogP) is 4.37. The molecule has 2 aromatic heterocycles. The van der Waals surface area contributed by atoms with Gasteiger partial charge in [-0.2, -0.15) is 0 Å². The van der Waals surface area contributed by atoms with Crippen molar-refractivity contribution in [1.29, 1.82) is 0 Å². The minimum atomic E-state index is -0.939. The lowest BCUT2D eigenvalue weighted by Gasteiger charge is -2.11. The zero-order chi connectivity index (χ0) is 20.1. The fraction of sp³-hybridized carbons (Fsp3) is 0.286. The first-order chi connectivity index (χ1) is 13.5. The summed E-state index contributed by atoms with van der Waals surface area (Å²) in [6.45, 7) is 2.44. The Balaban J connectivity index is 1.70. The van der Waals surface area contributed by atoms with Crippen molar-refractivity contribution in [3.05, 3.63) is 76.8 Å². The van der Waals surface area contributed by atoms with Gasteiger partial charge < -0.3 is 9.67 Å². The van der Waals surface area contributed by atoms with Gasteiger partial charge in [0.2, 0.25) is 0 Å². The van der Waals surface area contributed by atoms with E-state index in [0.717, 1.165) is 34.9 Å². The van der Waals surface area contributed by atoms with Gasteiger partial charge in [0.25, 0.3) is 0 Å². The molecule has 146 valence electrons. The molecule has 1 N–H and O–H groups in total. The van der Waals surface area contributed by atoms with E-state index >= 15 is 0 Å². The third kappa shape index (κ3) is 4.98. The van der Waals surface area contributed by atoms with Crippen molar-refractivity contribution in [3.8, 4) is 0 Å². The van der Waals surface area contributed by atoms with Crippen LogP contribution in [0.15, 0.2) is 47.6 Å². The van der Waals surface area contributed by atoms with Gasteiger partial charge in [0.15, 0.2) is 0 Å². The van der Waals surface area contributed by atoms with E-state index in [1.54, 1.807) is 43.0 Å². The summed E-state index contributed by atoms with van der Waals surface area (Å²) in [6, 6.07) is 9.71. The van der Waals surface area contributed by atoms with Gasteiger partial charge >= 0.3 is 5.97 Å². The molecule has 0 bridgehead atoms. The number of carbonyl (C=O) groups is 1. The summed E-state index contributed by atoms with van der Waals surface area (Å²) in [5, 5.41) is 10.3. The molecule has 0 atom stereocenters. The Kier molecular flexibility index (Phi) is 6.46. The average molecular weight is 399 g/mol. The lowest BCUT2D eigenvalue weighted by molar-refractivity contribution is 0.0696. The van der Waals surface area contributed by atoms with Gasteiger partial charge in [0.1, 0.15) is 11.6 Å². The largest absolute Gasteiger partial charge is 0.478 e. The number of carboxylic acid groups (broad SMARTS) is 1. The van der Waals surface area contributed by atoms with Gasteiger partial charge in [-0.15, -0.1) is 11.8 Å². The molecule has 7 heteroatoms. The highest BCUT2D eigenvalue weighted by Gasteiger charge is 2.11. The zero-order valence-corrected chi connectivity index (χ0v) is 16.7. The SMILES string of the molecule is CSc1cnc(CCCc2cc(C(=O)O)cc(C)n2)n1Cc1ccc(F)cc1. The third-order valence-corrected chi connectivity index (χ3v) is 5.20. The van der Waals surface area contributed by atoms with Crippen LogP contribution in [0.2, 0.25) is 0 Å². The Bertz CT molecular complexity index is 970. The molecular formula is C21H22FN3O2S. The number of thioether (sulfide) groups is 1. The fourth-order valence-electron chi connectivity index (χ4n) is 3.12. The van der Waals surface area contributed by atoms with Gasteiger partial charge in [0.05, 0.1) is 16.8 Å². The lowest BCUT2D eigenvalue weighted by Crippen LogP contribution is -2.08. The molecule has 0 saturated heterocycles. The molecule has 0 spiro atoms. The number of aryl methyl sites for hydroxylation is 3. The smallest absolute Gasteiger partial charge is 0.335 e. The molecule has 0 amide bonds. The van der Waals surface area contributed by atoms with Crippen molar-refractivity contribution in [2.45, 2.75) is 37.8 Å². The van der Waals surface area contributed by atoms with E-state index in [9.17, 15) is 14.3 Å². The molecule has 0 aliphatic rings. The van der Waals surface area contributed by atoms with Crippen molar-refractivity contribution in [1.82, 2.24) is 14.5 Å². The van der Waals surface area contributed by atoms with Crippen LogP contribution in [0.4, 0.5) is 4.39 Å². The molecule has 3 aromatic rings. The molecule has 0 fully saturated rings. The molecule has 0 saturated carbocycles. The molecule has 3 rings (SSSR count). The second kappa shape index (κ2) is 9.01. The Labute approximate surface area is 167 Å². The molecule has 1 aromatic carbocycles. The molecule has 2 heterocycles. The second-order valence-electron chi connectivity index (χ2n) is 6.58. The van der Waals surface area contributed by atoms with E-state index in [2.05, 4.69) is 14.5 Å². The number of rotatable bonds is 8. The Hall–Kier alpha value is -2.67. The topological polar surface area (TPSA) is 68.0 Å². The summed E-state index contributed by atoms with van der Waals surface area (Å²) < 4.78 is 15.3. The summed E-state index contributed by atoms with van der Waals surface area (Å²) in [5.74, 6) is -0.225. The first-order valence-corrected chi connectivity index (χ1v) is 10.2. The standard InChI is InChI=1S/C21H22FN3O2S/c1-14-10-16(21(26)27)11-18(24-14)4-3-5-19-23-12-20(28-2)25(19)13-15-6-8-17(22)9-7-15/h6-12H,3-5,13H2,1-2H3,(H,26,27). The van der Waals surface area contributed by atoms with Gasteiger partial charge in [-0.25, -0.2) is 14.2 Å². The van der Waals surface area contributed by atoms with Crippen molar-refractivity contribution >= 4 is 17.7 Å². The van der Waals surface area contributed by atoms with E-state index in [4.69, 9.17) is 0 Å². The Morgan fingerprint density at radius 2 is 1.96 bits per heavy atom. The van der Waals surface area contributed by atoms with Crippen LogP contribution in [0, 0.1) is 12.7 Å². The molecule has 28 heavy (non-hydrogen) atoms. The van der Waals surface area contributed by atoms with Crippen LogP contribution in [-0.4, -0.2) is 31.9 Å². The maximum atomic E-state index is 13.2. The molecule has 0 aliphatic carbocycles. The molecular weight excluding hydrogens is 377 g/mol. The molecule has 0 radical (unpaired) electrons. The van der Waals surface area contributed by atoms with Gasteiger partial charge in [0, 0.05) is 24.4 Å². The number of pyridine rings is 1. The van der Waals surface area contributed by atoms with E-state index in [1.165, 1.54) is 12.1 Å². The van der Waals surface area contributed by atoms with Crippen LogP contribution in [-0.2, 0) is 19.4 Å². The third-order valence-electron chi connectivity index (χ3n) is 4.45. The second-order valence-corrected chi connectivity index (χ2v) is 7.40. The quantitative estimate of drug-likeness (QED) is 0.570. The van der Waals surface area contributed by atoms with Crippen LogP contribution >= 0.6 is 11.8 Å². The highest BCUT2D eigenvalue weighted by Crippen LogP contribution is 2.20. The maximum Gasteiger partial charge on any atom is 0.335 e. The number of carboxylic acids is 1. The van der Waals surface area contributed by atoms with Crippen molar-refractivity contribution < 1.29 is 14.3 Å². The van der Waals surface area contributed by atoms with Crippen molar-refractivity contribution in [2.24, 2.45) is 0 Å². The number of aromatic carboxylic acids is 1. The van der Waals surface area contributed by atoms with E-state index in [0.29, 0.717) is 18.7 Å². The summed E-state index contributed by atoms with van der Waals surface area (Å²) in [7, 11) is 0. The maximum absolute atomic E-state index is 13.2. The lowest BCUT2D eigenvalue weighted by atomic mass is 10.1. The normalized spacial score (nSPS) is 11.0. The van der Waals surface area contributed by atoms with Gasteiger partial charge in [-0.3, -0.25) is 4.98 Å². The van der Waals surface area contributed by atoms with Crippen molar-refractivity contribution in [2.75, 3.05) is 6.26 Å². The van der Waals surface area contributed by atoms with Crippen LogP contribution < -0.4 is 0 Å². The minimum Gasteiger partial charge on any atom is -0.478 e. The van der Waals surface area contributed by atoms with Gasteiger partial charge in [-0.1, -0.05) is 12.1 Å². The van der Waals surface area contributed by atoms with E-state index in [1.807, 2.05) is 12.5 Å². The summed E-state index contributed by atoms with van der Waals surface area (Å²) in [5.41, 5.74) is 2.77. The minimum absolute atomic E-state index is 0.244. The predicted molar refractivity (Wildman–Crippen MR) is 107 cm³/mol. The van der Waals surface area contributed by atoms with Crippen LogP contribution in [0.1, 0.15) is 39.6 Å². The Morgan fingerprint density at radius 1 is 1.21 bits per heavy atom. The van der Waals surface area contributed by atoms with Crippen LogP contribution in [0.5, 0.6) is 0 Å².